The minimum Gasteiger partial charge on any atom is -0.381 e. The van der Waals surface area contributed by atoms with E-state index in [4.69, 9.17) is 10.5 Å². The van der Waals surface area contributed by atoms with Crippen molar-refractivity contribution in [3.8, 4) is 0 Å². The fraction of sp³-hybridized carbons (Fsp3) is 0.733. The molecule has 23 heavy (non-hydrogen) atoms. The van der Waals surface area contributed by atoms with Crippen LogP contribution in [0.15, 0.2) is 16.6 Å². The molecule has 0 spiro atoms. The van der Waals surface area contributed by atoms with Gasteiger partial charge in [0.25, 0.3) is 0 Å². The van der Waals surface area contributed by atoms with Gasteiger partial charge < -0.3 is 20.3 Å². The van der Waals surface area contributed by atoms with E-state index in [1.807, 2.05) is 11.6 Å². The number of aliphatic imine (C=N–C) groups is 1. The van der Waals surface area contributed by atoms with Gasteiger partial charge in [-0.3, -0.25) is 4.99 Å². The van der Waals surface area contributed by atoms with Gasteiger partial charge in [-0.2, -0.15) is 0 Å². The third kappa shape index (κ3) is 7.21. The largest absolute Gasteiger partial charge is 0.381 e. The number of piperazine rings is 1. The van der Waals surface area contributed by atoms with Gasteiger partial charge in [-0.25, -0.2) is 4.98 Å². The highest BCUT2D eigenvalue weighted by atomic mass is 127. The number of nitrogens with two attached hydrogens (primary N) is 1. The highest BCUT2D eigenvalue weighted by Crippen LogP contribution is 2.18. The molecule has 8 heteroatoms. The summed E-state index contributed by atoms with van der Waals surface area (Å²) in [7, 11) is 0. The van der Waals surface area contributed by atoms with Crippen LogP contribution in [-0.2, 0) is 4.74 Å². The zero-order chi connectivity index (χ0) is 15.8. The fourth-order valence-electron chi connectivity index (χ4n) is 2.28. The van der Waals surface area contributed by atoms with E-state index < -0.39 is 0 Å². The molecule has 0 amide bonds. The Hall–Kier alpha value is -0.610. The van der Waals surface area contributed by atoms with Crippen LogP contribution in [0.1, 0.15) is 20.3 Å². The number of aromatic nitrogens is 1. The first-order valence-corrected chi connectivity index (χ1v) is 8.82. The molecule has 1 aromatic rings. The summed E-state index contributed by atoms with van der Waals surface area (Å²) in [6.07, 6.45) is 2.77. The van der Waals surface area contributed by atoms with Crippen molar-refractivity contribution < 1.29 is 4.74 Å². The van der Waals surface area contributed by atoms with E-state index in [-0.39, 0.29) is 24.0 Å². The number of halogens is 1. The van der Waals surface area contributed by atoms with Crippen LogP contribution >= 0.6 is 35.3 Å². The number of anilines is 1. The molecule has 6 nitrogen and oxygen atoms in total. The molecule has 0 bridgehead atoms. The first kappa shape index (κ1) is 20.4. The van der Waals surface area contributed by atoms with E-state index in [2.05, 4.69) is 33.6 Å². The third-order valence-corrected chi connectivity index (χ3v) is 4.30. The number of ether oxygens (including phenoxy) is 1. The number of hydrogen-bond donors (Lipinski definition) is 1. The Kier molecular flexibility index (Phi) is 9.80. The van der Waals surface area contributed by atoms with E-state index in [9.17, 15) is 0 Å². The summed E-state index contributed by atoms with van der Waals surface area (Å²) in [6, 6.07) is 0. The molecular weight excluding hydrogens is 425 g/mol. The van der Waals surface area contributed by atoms with Gasteiger partial charge in [0, 0.05) is 57.5 Å². The predicted molar refractivity (Wildman–Crippen MR) is 108 cm³/mol. The molecule has 132 valence electrons. The molecule has 1 aliphatic heterocycles. The van der Waals surface area contributed by atoms with Crippen molar-refractivity contribution in [2.24, 2.45) is 16.6 Å². The summed E-state index contributed by atoms with van der Waals surface area (Å²) in [4.78, 5) is 13.3. The van der Waals surface area contributed by atoms with Crippen molar-refractivity contribution in [3.05, 3.63) is 11.6 Å². The van der Waals surface area contributed by atoms with E-state index in [0.717, 1.165) is 57.5 Å². The topological polar surface area (TPSA) is 67.0 Å². The molecule has 0 unspecified atom stereocenters. The maximum atomic E-state index is 6.08. The molecule has 2 N–H and O–H groups in total. The lowest BCUT2D eigenvalue weighted by Gasteiger charge is -2.35. The van der Waals surface area contributed by atoms with Gasteiger partial charge in [0.2, 0.25) is 0 Å². The Morgan fingerprint density at radius 3 is 2.74 bits per heavy atom. The van der Waals surface area contributed by atoms with Gasteiger partial charge in [-0.1, -0.05) is 13.8 Å². The molecule has 1 aromatic heterocycles. The van der Waals surface area contributed by atoms with Crippen molar-refractivity contribution in [2.75, 3.05) is 50.8 Å². The molecule has 2 heterocycles. The van der Waals surface area contributed by atoms with Gasteiger partial charge in [-0.15, -0.1) is 35.3 Å². The number of thiazole rings is 1. The van der Waals surface area contributed by atoms with E-state index in [1.165, 1.54) is 0 Å². The number of nitrogens with zero attached hydrogens (tertiary/aromatic N) is 4. The van der Waals surface area contributed by atoms with Crippen molar-refractivity contribution in [1.29, 1.82) is 0 Å². The van der Waals surface area contributed by atoms with Crippen molar-refractivity contribution in [2.45, 2.75) is 20.3 Å². The quantitative estimate of drug-likeness (QED) is 0.297. The van der Waals surface area contributed by atoms with Crippen LogP contribution in [0.25, 0.3) is 0 Å². The van der Waals surface area contributed by atoms with Crippen molar-refractivity contribution >= 4 is 46.4 Å². The monoisotopic (exact) mass is 453 g/mol. The maximum absolute atomic E-state index is 6.08. The minimum absolute atomic E-state index is 0. The number of guanidine groups is 1. The summed E-state index contributed by atoms with van der Waals surface area (Å²) >= 11 is 1.68. The molecule has 0 radical (unpaired) electrons. The minimum atomic E-state index is 0. The molecule has 0 aromatic carbocycles. The van der Waals surface area contributed by atoms with Crippen molar-refractivity contribution in [1.82, 2.24) is 9.88 Å². The van der Waals surface area contributed by atoms with Crippen molar-refractivity contribution in [3.63, 3.8) is 0 Å². The van der Waals surface area contributed by atoms with Crippen LogP contribution in [0.3, 0.4) is 0 Å². The highest BCUT2D eigenvalue weighted by molar-refractivity contribution is 14.0. The van der Waals surface area contributed by atoms with Gasteiger partial charge in [0.15, 0.2) is 11.1 Å². The lowest BCUT2D eigenvalue weighted by Crippen LogP contribution is -2.51. The summed E-state index contributed by atoms with van der Waals surface area (Å²) in [5.74, 6) is 1.24. The van der Waals surface area contributed by atoms with Crippen LogP contribution in [0, 0.1) is 5.92 Å². The Bertz CT molecular complexity index is 447. The zero-order valence-corrected chi connectivity index (χ0v) is 17.1. The second kappa shape index (κ2) is 11.0. The van der Waals surface area contributed by atoms with Gasteiger partial charge in [0.05, 0.1) is 0 Å². The van der Waals surface area contributed by atoms with Crippen LogP contribution in [0.4, 0.5) is 5.13 Å². The predicted octanol–water partition coefficient (Wildman–Crippen LogP) is 2.26. The molecule has 1 fully saturated rings. The first-order valence-electron chi connectivity index (χ1n) is 7.94. The SMILES string of the molecule is CC(C)COCCCN=C(N)N1CCN(c2nccs2)CC1.I. The average Bonchev–Trinajstić information content (AvgIpc) is 3.05. The zero-order valence-electron chi connectivity index (χ0n) is 14.0. The Morgan fingerprint density at radius 1 is 1.39 bits per heavy atom. The molecule has 2 rings (SSSR count). The van der Waals surface area contributed by atoms with Crippen LogP contribution in [0.5, 0.6) is 0 Å². The molecule has 0 aliphatic carbocycles. The molecule has 0 atom stereocenters. The standard InChI is InChI=1S/C15H27N5OS.HI/c1-13(2)12-21-10-3-4-17-14(16)19-6-8-20(9-7-19)15-18-5-11-22-15;/h5,11,13H,3-4,6-10,12H2,1-2H3,(H2,16,17);1H. The number of rotatable bonds is 7. The smallest absolute Gasteiger partial charge is 0.191 e. The van der Waals surface area contributed by atoms with E-state index >= 15 is 0 Å². The second-order valence-corrected chi connectivity index (χ2v) is 6.72. The fourth-order valence-corrected chi connectivity index (χ4v) is 2.97. The lowest BCUT2D eigenvalue weighted by atomic mass is 10.2. The first-order chi connectivity index (χ1) is 10.7. The summed E-state index contributed by atoms with van der Waals surface area (Å²) in [6.45, 7) is 10.3. The van der Waals surface area contributed by atoms with Gasteiger partial charge in [-0.05, 0) is 12.3 Å². The third-order valence-electron chi connectivity index (χ3n) is 3.47. The number of hydrogen-bond acceptors (Lipinski definition) is 5. The average molecular weight is 453 g/mol. The lowest BCUT2D eigenvalue weighted by molar-refractivity contribution is 0.109. The Balaban J connectivity index is 0.00000264. The Morgan fingerprint density at radius 2 is 2.13 bits per heavy atom. The van der Waals surface area contributed by atoms with Crippen LogP contribution in [0.2, 0.25) is 0 Å². The van der Waals surface area contributed by atoms with E-state index in [0.29, 0.717) is 11.9 Å². The van der Waals surface area contributed by atoms with Gasteiger partial charge in [0.1, 0.15) is 0 Å². The summed E-state index contributed by atoms with van der Waals surface area (Å²) in [5, 5.41) is 3.11. The molecular formula is C15H28IN5OS. The summed E-state index contributed by atoms with van der Waals surface area (Å²) < 4.78 is 5.54. The van der Waals surface area contributed by atoms with E-state index in [1.54, 1.807) is 11.3 Å². The second-order valence-electron chi connectivity index (χ2n) is 5.85. The Labute approximate surface area is 160 Å². The summed E-state index contributed by atoms with van der Waals surface area (Å²) in [5.41, 5.74) is 6.08. The molecule has 1 saturated heterocycles. The van der Waals surface area contributed by atoms with Gasteiger partial charge >= 0.3 is 0 Å². The highest BCUT2D eigenvalue weighted by Gasteiger charge is 2.19. The molecule has 0 saturated carbocycles. The normalized spacial score (nSPS) is 15.9. The van der Waals surface area contributed by atoms with Crippen LogP contribution < -0.4 is 10.6 Å². The maximum Gasteiger partial charge on any atom is 0.191 e. The van der Waals surface area contributed by atoms with Crippen LogP contribution in [-0.4, -0.2) is 61.8 Å². The molecule has 1 aliphatic rings.